The molecule has 0 spiro atoms. The van der Waals surface area contributed by atoms with Crippen LogP contribution >= 0.6 is 0 Å². The molecule has 4 heteroatoms. The summed E-state index contributed by atoms with van der Waals surface area (Å²) in [6.07, 6.45) is 4.20. The van der Waals surface area contributed by atoms with Crippen LogP contribution in [-0.2, 0) is 0 Å². The van der Waals surface area contributed by atoms with Gasteiger partial charge in [0.1, 0.15) is 0 Å². The number of aromatic nitrogens is 1. The van der Waals surface area contributed by atoms with Gasteiger partial charge >= 0.3 is 0 Å². The van der Waals surface area contributed by atoms with E-state index in [0.717, 1.165) is 0 Å². The van der Waals surface area contributed by atoms with Crippen molar-refractivity contribution in [3.63, 3.8) is 0 Å². The molecular weight excluding hydrogens is 144 g/mol. The lowest BCUT2D eigenvalue weighted by atomic mass is 10.2. The zero-order valence-corrected chi connectivity index (χ0v) is 5.73. The van der Waals surface area contributed by atoms with Crippen molar-refractivity contribution in [3.05, 3.63) is 40.7 Å². The summed E-state index contributed by atoms with van der Waals surface area (Å²) in [5, 5.41) is 10.3. The van der Waals surface area contributed by atoms with Gasteiger partial charge in [-0.3, -0.25) is 15.1 Å². The molecular formula is C7H6N2O2. The van der Waals surface area contributed by atoms with Crippen LogP contribution in [0.2, 0.25) is 0 Å². The third kappa shape index (κ3) is 1.40. The van der Waals surface area contributed by atoms with Crippen LogP contribution in [0, 0.1) is 10.1 Å². The fourth-order valence-electron chi connectivity index (χ4n) is 0.723. The molecule has 0 aliphatic rings. The van der Waals surface area contributed by atoms with Gasteiger partial charge in [0.2, 0.25) is 0 Å². The Morgan fingerprint density at radius 2 is 2.45 bits per heavy atom. The third-order valence-corrected chi connectivity index (χ3v) is 1.24. The highest BCUT2D eigenvalue weighted by atomic mass is 16.6. The Bertz CT molecular complexity index is 296. The van der Waals surface area contributed by atoms with Crippen molar-refractivity contribution in [1.82, 2.24) is 4.98 Å². The molecule has 0 amide bonds. The Balaban J connectivity index is 3.22. The number of nitrogens with zero attached hydrogens (tertiary/aromatic N) is 2. The van der Waals surface area contributed by atoms with E-state index in [1.807, 2.05) is 0 Å². The Hall–Kier alpha value is -1.71. The summed E-state index contributed by atoms with van der Waals surface area (Å²) in [5.74, 6) is 0. The highest BCUT2D eigenvalue weighted by molar-refractivity contribution is 5.57. The molecule has 1 aromatic rings. The van der Waals surface area contributed by atoms with E-state index in [1.165, 1.54) is 24.5 Å². The van der Waals surface area contributed by atoms with Crippen molar-refractivity contribution in [2.24, 2.45) is 0 Å². The number of nitro groups is 1. The van der Waals surface area contributed by atoms with Crippen molar-refractivity contribution in [2.45, 2.75) is 0 Å². The zero-order valence-electron chi connectivity index (χ0n) is 5.73. The summed E-state index contributed by atoms with van der Waals surface area (Å²) < 4.78 is 0. The molecule has 56 valence electrons. The smallest absolute Gasteiger partial charge is 0.264 e. The molecule has 4 nitrogen and oxygen atoms in total. The topological polar surface area (TPSA) is 56.0 Å². The molecule has 0 fully saturated rings. The minimum atomic E-state index is -0.460. The maximum atomic E-state index is 10.3. The van der Waals surface area contributed by atoms with Crippen LogP contribution in [0.5, 0.6) is 0 Å². The van der Waals surface area contributed by atoms with Gasteiger partial charge in [0, 0.05) is 18.5 Å². The lowest BCUT2D eigenvalue weighted by Crippen LogP contribution is -1.91. The van der Waals surface area contributed by atoms with E-state index in [2.05, 4.69) is 11.6 Å². The maximum Gasteiger partial charge on any atom is 0.279 e. The predicted molar refractivity (Wildman–Crippen MR) is 41.0 cm³/mol. The predicted octanol–water partition coefficient (Wildman–Crippen LogP) is 1.63. The van der Waals surface area contributed by atoms with Crippen LogP contribution in [0.1, 0.15) is 5.56 Å². The molecule has 11 heavy (non-hydrogen) atoms. The zero-order chi connectivity index (χ0) is 8.27. The van der Waals surface area contributed by atoms with Gasteiger partial charge in [-0.15, -0.1) is 0 Å². The SMILES string of the molecule is C=Cc1cnccc1[N+](=O)[O-]. The fourth-order valence-corrected chi connectivity index (χ4v) is 0.723. The van der Waals surface area contributed by atoms with Gasteiger partial charge in [0.15, 0.2) is 0 Å². The average molecular weight is 150 g/mol. The summed E-state index contributed by atoms with van der Waals surface area (Å²) in [6.45, 7) is 3.43. The molecule has 0 aliphatic carbocycles. The summed E-state index contributed by atoms with van der Waals surface area (Å²) in [5.41, 5.74) is 0.479. The van der Waals surface area contributed by atoms with Crippen molar-refractivity contribution in [2.75, 3.05) is 0 Å². The van der Waals surface area contributed by atoms with Gasteiger partial charge in [-0.1, -0.05) is 12.7 Å². The molecule has 0 radical (unpaired) electrons. The van der Waals surface area contributed by atoms with Crippen molar-refractivity contribution in [3.8, 4) is 0 Å². The van der Waals surface area contributed by atoms with E-state index in [9.17, 15) is 10.1 Å². The van der Waals surface area contributed by atoms with Crippen LogP contribution < -0.4 is 0 Å². The molecule has 0 unspecified atom stereocenters. The maximum absolute atomic E-state index is 10.3. The summed E-state index contributed by atoms with van der Waals surface area (Å²) in [6, 6.07) is 1.34. The first-order valence-corrected chi connectivity index (χ1v) is 2.96. The molecule has 0 aromatic carbocycles. The first-order chi connectivity index (χ1) is 5.25. The van der Waals surface area contributed by atoms with E-state index in [4.69, 9.17) is 0 Å². The van der Waals surface area contributed by atoms with E-state index in [-0.39, 0.29) is 5.69 Å². The standard InChI is InChI=1S/C7H6N2O2/c1-2-6-5-8-4-3-7(6)9(10)11/h2-5H,1H2. The number of pyridine rings is 1. The van der Waals surface area contributed by atoms with Crippen molar-refractivity contribution >= 4 is 11.8 Å². The molecule has 0 atom stereocenters. The lowest BCUT2D eigenvalue weighted by molar-refractivity contribution is -0.385. The number of hydrogen-bond donors (Lipinski definition) is 0. The number of hydrogen-bond acceptors (Lipinski definition) is 3. The van der Waals surface area contributed by atoms with Crippen LogP contribution in [0.3, 0.4) is 0 Å². The Morgan fingerprint density at radius 3 is 2.91 bits per heavy atom. The minimum Gasteiger partial charge on any atom is -0.264 e. The van der Waals surface area contributed by atoms with Crippen LogP contribution in [-0.4, -0.2) is 9.91 Å². The minimum absolute atomic E-state index is 0.0370. The largest absolute Gasteiger partial charge is 0.279 e. The second-order valence-corrected chi connectivity index (χ2v) is 1.90. The second-order valence-electron chi connectivity index (χ2n) is 1.90. The summed E-state index contributed by atoms with van der Waals surface area (Å²) in [7, 11) is 0. The van der Waals surface area contributed by atoms with Gasteiger partial charge in [0.05, 0.1) is 10.5 Å². The van der Waals surface area contributed by atoms with Crippen LogP contribution in [0.25, 0.3) is 6.08 Å². The van der Waals surface area contributed by atoms with E-state index >= 15 is 0 Å². The quantitative estimate of drug-likeness (QED) is 0.475. The van der Waals surface area contributed by atoms with Gasteiger partial charge in [0.25, 0.3) is 5.69 Å². The van der Waals surface area contributed by atoms with Crippen molar-refractivity contribution < 1.29 is 4.92 Å². The van der Waals surface area contributed by atoms with Crippen LogP contribution in [0.15, 0.2) is 25.0 Å². The average Bonchev–Trinajstić information content (AvgIpc) is 2.04. The molecule has 0 saturated heterocycles. The first kappa shape index (κ1) is 7.40. The molecule has 1 rings (SSSR count). The summed E-state index contributed by atoms with van der Waals surface area (Å²) in [4.78, 5) is 13.6. The highest BCUT2D eigenvalue weighted by Gasteiger charge is 2.08. The van der Waals surface area contributed by atoms with E-state index < -0.39 is 4.92 Å². The first-order valence-electron chi connectivity index (χ1n) is 2.96. The van der Waals surface area contributed by atoms with Gasteiger partial charge in [-0.2, -0.15) is 0 Å². The highest BCUT2D eigenvalue weighted by Crippen LogP contribution is 2.16. The molecule has 0 bridgehead atoms. The van der Waals surface area contributed by atoms with E-state index in [0.29, 0.717) is 5.56 Å². The van der Waals surface area contributed by atoms with Crippen molar-refractivity contribution in [1.29, 1.82) is 0 Å². The Kier molecular flexibility index (Phi) is 1.96. The van der Waals surface area contributed by atoms with Gasteiger partial charge in [-0.05, 0) is 0 Å². The molecule has 0 saturated carbocycles. The molecule has 1 heterocycles. The lowest BCUT2D eigenvalue weighted by Gasteiger charge is -1.93. The second kappa shape index (κ2) is 2.92. The molecule has 0 N–H and O–H groups in total. The number of rotatable bonds is 2. The monoisotopic (exact) mass is 150 g/mol. The molecule has 1 aromatic heterocycles. The van der Waals surface area contributed by atoms with Crippen LogP contribution in [0.4, 0.5) is 5.69 Å². The Labute approximate surface area is 63.3 Å². The van der Waals surface area contributed by atoms with Gasteiger partial charge in [-0.25, -0.2) is 0 Å². The normalized spacial score (nSPS) is 9.09. The van der Waals surface area contributed by atoms with E-state index in [1.54, 1.807) is 0 Å². The Morgan fingerprint density at radius 1 is 1.73 bits per heavy atom. The summed E-state index contributed by atoms with van der Waals surface area (Å²) >= 11 is 0. The fraction of sp³-hybridized carbons (Fsp3) is 0. The van der Waals surface area contributed by atoms with Gasteiger partial charge < -0.3 is 0 Å². The third-order valence-electron chi connectivity index (χ3n) is 1.24. The molecule has 0 aliphatic heterocycles.